The predicted octanol–water partition coefficient (Wildman–Crippen LogP) is 1.04. The summed E-state index contributed by atoms with van der Waals surface area (Å²) in [6.07, 6.45) is 1.34. The number of para-hydroxylation sites is 2. The highest BCUT2D eigenvalue weighted by molar-refractivity contribution is 5.97. The van der Waals surface area contributed by atoms with E-state index in [1.807, 2.05) is 36.4 Å². The highest BCUT2D eigenvalue weighted by Crippen LogP contribution is 2.08. The number of carbonyl (C=O) groups excluding carboxylic acids is 2. The molecule has 1 unspecified atom stereocenters. The van der Waals surface area contributed by atoms with Crippen molar-refractivity contribution in [1.82, 2.24) is 20.6 Å². The van der Waals surface area contributed by atoms with Crippen LogP contribution in [0.3, 0.4) is 0 Å². The molecule has 0 aliphatic heterocycles. The Morgan fingerprint density at radius 2 is 1.69 bits per heavy atom. The maximum atomic E-state index is 12.3. The number of rotatable bonds is 6. The van der Waals surface area contributed by atoms with Gasteiger partial charge >= 0.3 is 0 Å². The number of nitrogens with one attached hydrogen (secondary N) is 2. The second kappa shape index (κ2) is 8.17. The largest absolute Gasteiger partial charge is 0.394 e. The Labute approximate surface area is 150 Å². The van der Waals surface area contributed by atoms with Crippen molar-refractivity contribution in [3.63, 3.8) is 0 Å². The van der Waals surface area contributed by atoms with E-state index in [-0.39, 0.29) is 5.69 Å². The molecule has 0 spiro atoms. The Balaban J connectivity index is 1.64. The van der Waals surface area contributed by atoms with Gasteiger partial charge in [-0.1, -0.05) is 42.5 Å². The van der Waals surface area contributed by atoms with Crippen LogP contribution in [0.15, 0.2) is 60.8 Å². The Morgan fingerprint density at radius 1 is 1.00 bits per heavy atom. The van der Waals surface area contributed by atoms with Gasteiger partial charge in [0.25, 0.3) is 5.91 Å². The number of hydrogen-bond acceptors (Lipinski definition) is 5. The molecule has 0 fully saturated rings. The van der Waals surface area contributed by atoms with Crippen LogP contribution in [-0.4, -0.2) is 39.5 Å². The Hall–Kier alpha value is -3.32. The minimum absolute atomic E-state index is 0.0815. The highest BCUT2D eigenvalue weighted by atomic mass is 16.3. The van der Waals surface area contributed by atoms with Crippen molar-refractivity contribution in [2.45, 2.75) is 12.6 Å². The zero-order valence-corrected chi connectivity index (χ0v) is 13.9. The van der Waals surface area contributed by atoms with Gasteiger partial charge in [-0.15, -0.1) is 0 Å². The first kappa shape index (κ1) is 17.5. The Kier molecular flexibility index (Phi) is 5.50. The third kappa shape index (κ3) is 4.20. The van der Waals surface area contributed by atoms with Gasteiger partial charge < -0.3 is 15.7 Å². The van der Waals surface area contributed by atoms with Crippen LogP contribution in [0, 0.1) is 0 Å². The fourth-order valence-corrected chi connectivity index (χ4v) is 2.40. The molecule has 1 atom stereocenters. The fraction of sp³-hybridized carbons (Fsp3) is 0.158. The zero-order valence-electron chi connectivity index (χ0n) is 13.9. The van der Waals surface area contributed by atoms with Crippen LogP contribution in [0.1, 0.15) is 16.1 Å². The van der Waals surface area contributed by atoms with Gasteiger partial charge in [-0.2, -0.15) is 0 Å². The molecule has 2 aromatic carbocycles. The summed E-state index contributed by atoms with van der Waals surface area (Å²) in [5.41, 5.74) is 2.25. The average Bonchev–Trinajstić information content (AvgIpc) is 2.70. The summed E-state index contributed by atoms with van der Waals surface area (Å²) in [6, 6.07) is 15.5. The normalized spacial score (nSPS) is 11.7. The second-order valence-corrected chi connectivity index (χ2v) is 5.66. The molecule has 7 nitrogen and oxygen atoms in total. The highest BCUT2D eigenvalue weighted by Gasteiger charge is 2.21. The van der Waals surface area contributed by atoms with Gasteiger partial charge in [0.15, 0.2) is 0 Å². The lowest BCUT2D eigenvalue weighted by molar-refractivity contribution is -0.124. The van der Waals surface area contributed by atoms with E-state index < -0.39 is 24.5 Å². The van der Waals surface area contributed by atoms with Crippen LogP contribution in [0.2, 0.25) is 0 Å². The number of nitrogens with zero attached hydrogens (tertiary/aromatic N) is 2. The molecule has 0 bridgehead atoms. The Morgan fingerprint density at radius 3 is 2.42 bits per heavy atom. The van der Waals surface area contributed by atoms with Crippen molar-refractivity contribution in [2.75, 3.05) is 6.61 Å². The molecule has 0 aliphatic carbocycles. The molecule has 3 rings (SSSR count). The van der Waals surface area contributed by atoms with Crippen LogP contribution < -0.4 is 10.6 Å². The summed E-state index contributed by atoms with van der Waals surface area (Å²) in [4.78, 5) is 32.9. The van der Waals surface area contributed by atoms with Crippen LogP contribution in [0.4, 0.5) is 0 Å². The SMILES string of the molecule is O=C(NC(CO)C(=O)NCc1ccccc1)c1cnc2ccccc2n1. The summed E-state index contributed by atoms with van der Waals surface area (Å²) in [5.74, 6) is -1.05. The molecule has 3 N–H and O–H groups in total. The molecule has 0 aliphatic rings. The molecule has 132 valence electrons. The van der Waals surface area contributed by atoms with Crippen LogP contribution in [0.5, 0.6) is 0 Å². The van der Waals surface area contributed by atoms with Crippen molar-refractivity contribution in [3.05, 3.63) is 72.1 Å². The summed E-state index contributed by atoms with van der Waals surface area (Å²) in [6.45, 7) is -0.213. The van der Waals surface area contributed by atoms with Crippen molar-refractivity contribution in [1.29, 1.82) is 0 Å². The van der Waals surface area contributed by atoms with E-state index in [1.54, 1.807) is 18.2 Å². The predicted molar refractivity (Wildman–Crippen MR) is 96.2 cm³/mol. The number of fused-ring (bicyclic) bond motifs is 1. The molecule has 1 heterocycles. The number of aliphatic hydroxyl groups excluding tert-OH is 1. The van der Waals surface area contributed by atoms with Crippen LogP contribution in [0.25, 0.3) is 11.0 Å². The first-order valence-electron chi connectivity index (χ1n) is 8.12. The molecule has 3 aromatic rings. The number of amides is 2. The van der Waals surface area contributed by atoms with Crippen molar-refractivity contribution < 1.29 is 14.7 Å². The number of hydrogen-bond donors (Lipinski definition) is 3. The quantitative estimate of drug-likeness (QED) is 0.616. The fourth-order valence-electron chi connectivity index (χ4n) is 2.40. The van der Waals surface area contributed by atoms with E-state index in [9.17, 15) is 14.7 Å². The van der Waals surface area contributed by atoms with Crippen molar-refractivity contribution in [2.24, 2.45) is 0 Å². The third-order valence-electron chi connectivity index (χ3n) is 3.80. The minimum Gasteiger partial charge on any atom is -0.394 e. The lowest BCUT2D eigenvalue weighted by Gasteiger charge is -2.16. The number of carbonyl (C=O) groups is 2. The lowest BCUT2D eigenvalue weighted by Crippen LogP contribution is -2.48. The molecule has 0 radical (unpaired) electrons. The van der Waals surface area contributed by atoms with E-state index in [2.05, 4.69) is 20.6 Å². The van der Waals surface area contributed by atoms with Gasteiger partial charge in [-0.25, -0.2) is 4.98 Å². The molecule has 1 aromatic heterocycles. The van der Waals surface area contributed by atoms with Gasteiger partial charge in [0.1, 0.15) is 11.7 Å². The van der Waals surface area contributed by atoms with E-state index in [0.717, 1.165) is 5.56 Å². The summed E-state index contributed by atoms with van der Waals surface area (Å²) in [5, 5.41) is 14.6. The van der Waals surface area contributed by atoms with Gasteiger partial charge in [0.2, 0.25) is 5.91 Å². The molecule has 0 saturated heterocycles. The molecular formula is C19H18N4O3. The number of aromatic nitrogens is 2. The standard InChI is InChI=1S/C19H18N4O3/c24-12-17(18(25)21-10-13-6-2-1-3-7-13)23-19(26)16-11-20-14-8-4-5-9-15(14)22-16/h1-9,11,17,24H,10,12H2,(H,21,25)(H,23,26). The topological polar surface area (TPSA) is 104 Å². The average molecular weight is 350 g/mol. The monoisotopic (exact) mass is 350 g/mol. The molecule has 2 amide bonds. The molecule has 0 saturated carbocycles. The van der Waals surface area contributed by atoms with Gasteiger partial charge in [0.05, 0.1) is 23.8 Å². The molecule has 7 heteroatoms. The van der Waals surface area contributed by atoms with E-state index in [4.69, 9.17) is 0 Å². The molecule has 26 heavy (non-hydrogen) atoms. The maximum absolute atomic E-state index is 12.3. The maximum Gasteiger partial charge on any atom is 0.272 e. The lowest BCUT2D eigenvalue weighted by atomic mass is 10.2. The van der Waals surface area contributed by atoms with Gasteiger partial charge in [-0.05, 0) is 17.7 Å². The minimum atomic E-state index is -1.07. The number of benzene rings is 2. The van der Waals surface area contributed by atoms with Crippen LogP contribution in [-0.2, 0) is 11.3 Å². The zero-order chi connectivity index (χ0) is 18.4. The summed E-state index contributed by atoms with van der Waals surface area (Å²) in [7, 11) is 0. The van der Waals surface area contributed by atoms with Crippen molar-refractivity contribution >= 4 is 22.8 Å². The summed E-state index contributed by atoms with van der Waals surface area (Å²) < 4.78 is 0. The Bertz CT molecular complexity index is 915. The van der Waals surface area contributed by atoms with E-state index in [1.165, 1.54) is 6.20 Å². The first-order chi connectivity index (χ1) is 12.7. The summed E-state index contributed by atoms with van der Waals surface area (Å²) >= 11 is 0. The van der Waals surface area contributed by atoms with Gasteiger partial charge in [0, 0.05) is 6.54 Å². The van der Waals surface area contributed by atoms with Gasteiger partial charge in [-0.3, -0.25) is 14.6 Å². The molecular weight excluding hydrogens is 332 g/mol. The van der Waals surface area contributed by atoms with Crippen molar-refractivity contribution in [3.8, 4) is 0 Å². The second-order valence-electron chi connectivity index (χ2n) is 5.66. The van der Waals surface area contributed by atoms with E-state index >= 15 is 0 Å². The van der Waals surface area contributed by atoms with Crippen LogP contribution >= 0.6 is 0 Å². The smallest absolute Gasteiger partial charge is 0.272 e. The third-order valence-corrected chi connectivity index (χ3v) is 3.80. The first-order valence-corrected chi connectivity index (χ1v) is 8.12. The number of aliphatic hydroxyl groups is 1. The van der Waals surface area contributed by atoms with E-state index in [0.29, 0.717) is 17.6 Å².